The third kappa shape index (κ3) is 4.54. The summed E-state index contributed by atoms with van der Waals surface area (Å²) in [5, 5.41) is 13.0. The Hall–Kier alpha value is -2.42. The molecule has 122 valence electrons. The lowest BCUT2D eigenvalue weighted by atomic mass is 10.0. The molecule has 3 rings (SSSR count). The van der Waals surface area contributed by atoms with Crippen LogP contribution < -0.4 is 5.32 Å². The average molecular weight is 317 g/mol. The van der Waals surface area contributed by atoms with Crippen LogP contribution in [-0.2, 0) is 13.0 Å². The Labute approximate surface area is 143 Å². The van der Waals surface area contributed by atoms with Crippen molar-refractivity contribution in [2.24, 2.45) is 0 Å². The van der Waals surface area contributed by atoms with Crippen LogP contribution in [0.5, 0.6) is 0 Å². The van der Waals surface area contributed by atoms with E-state index in [1.165, 1.54) is 22.3 Å². The molecular formula is C22H23NO. The first kappa shape index (κ1) is 16.4. The highest BCUT2D eigenvalue weighted by molar-refractivity contribution is 5.63. The molecule has 0 radical (unpaired) electrons. The Kier molecular flexibility index (Phi) is 5.78. The van der Waals surface area contributed by atoms with E-state index in [4.69, 9.17) is 0 Å². The minimum Gasteiger partial charge on any atom is -0.395 e. The van der Waals surface area contributed by atoms with Gasteiger partial charge in [-0.15, -0.1) is 0 Å². The van der Waals surface area contributed by atoms with Gasteiger partial charge in [0.15, 0.2) is 0 Å². The van der Waals surface area contributed by atoms with Crippen molar-refractivity contribution in [2.75, 3.05) is 6.61 Å². The van der Waals surface area contributed by atoms with E-state index in [0.717, 1.165) is 13.0 Å². The normalized spacial score (nSPS) is 12.0. The van der Waals surface area contributed by atoms with Gasteiger partial charge in [-0.1, -0.05) is 84.9 Å². The van der Waals surface area contributed by atoms with Crippen LogP contribution in [0, 0.1) is 0 Å². The lowest BCUT2D eigenvalue weighted by Crippen LogP contribution is -2.34. The van der Waals surface area contributed by atoms with Gasteiger partial charge in [-0.25, -0.2) is 0 Å². The van der Waals surface area contributed by atoms with Gasteiger partial charge in [-0.05, 0) is 28.7 Å². The molecule has 3 aromatic rings. The molecule has 0 spiro atoms. The van der Waals surface area contributed by atoms with Gasteiger partial charge in [-0.3, -0.25) is 0 Å². The maximum absolute atomic E-state index is 9.60. The fraction of sp³-hybridized carbons (Fsp3) is 0.182. The van der Waals surface area contributed by atoms with E-state index in [1.807, 2.05) is 24.3 Å². The van der Waals surface area contributed by atoms with Crippen molar-refractivity contribution in [3.63, 3.8) is 0 Å². The molecule has 24 heavy (non-hydrogen) atoms. The second kappa shape index (κ2) is 8.44. The molecule has 0 aliphatic carbocycles. The average Bonchev–Trinajstić information content (AvgIpc) is 2.67. The highest BCUT2D eigenvalue weighted by Gasteiger charge is 2.08. The molecule has 0 bridgehead atoms. The van der Waals surface area contributed by atoms with Gasteiger partial charge < -0.3 is 10.4 Å². The summed E-state index contributed by atoms with van der Waals surface area (Å²) in [4.78, 5) is 0. The van der Waals surface area contributed by atoms with E-state index in [0.29, 0.717) is 0 Å². The van der Waals surface area contributed by atoms with Crippen LogP contribution in [0.15, 0.2) is 84.9 Å². The largest absolute Gasteiger partial charge is 0.395 e. The van der Waals surface area contributed by atoms with E-state index < -0.39 is 0 Å². The fourth-order valence-electron chi connectivity index (χ4n) is 2.81. The van der Waals surface area contributed by atoms with Gasteiger partial charge in [-0.2, -0.15) is 0 Å². The topological polar surface area (TPSA) is 32.3 Å². The number of rotatable bonds is 7. The van der Waals surface area contributed by atoms with Crippen molar-refractivity contribution >= 4 is 0 Å². The molecule has 3 aromatic carbocycles. The van der Waals surface area contributed by atoms with Crippen LogP contribution >= 0.6 is 0 Å². The lowest BCUT2D eigenvalue weighted by Gasteiger charge is -2.16. The minimum absolute atomic E-state index is 0.0706. The number of hydrogen-bond acceptors (Lipinski definition) is 2. The highest BCUT2D eigenvalue weighted by atomic mass is 16.3. The fourth-order valence-corrected chi connectivity index (χ4v) is 2.81. The summed E-state index contributed by atoms with van der Waals surface area (Å²) < 4.78 is 0. The summed E-state index contributed by atoms with van der Waals surface area (Å²) in [5.41, 5.74) is 4.92. The summed E-state index contributed by atoms with van der Waals surface area (Å²) in [5.74, 6) is 0. The zero-order valence-electron chi connectivity index (χ0n) is 13.7. The van der Waals surface area contributed by atoms with E-state index in [9.17, 15) is 5.11 Å². The zero-order valence-corrected chi connectivity index (χ0v) is 13.7. The van der Waals surface area contributed by atoms with Crippen LogP contribution in [0.3, 0.4) is 0 Å². The molecule has 0 aliphatic rings. The van der Waals surface area contributed by atoms with Crippen LogP contribution in [0.4, 0.5) is 0 Å². The van der Waals surface area contributed by atoms with Gasteiger partial charge in [0.05, 0.1) is 6.61 Å². The number of nitrogens with one attached hydrogen (secondary N) is 1. The molecule has 0 aliphatic heterocycles. The van der Waals surface area contributed by atoms with Crippen LogP contribution in [0.25, 0.3) is 11.1 Å². The minimum atomic E-state index is 0.0706. The first-order valence-electron chi connectivity index (χ1n) is 8.37. The molecule has 2 nitrogen and oxygen atoms in total. The Morgan fingerprint density at radius 1 is 0.667 bits per heavy atom. The maximum Gasteiger partial charge on any atom is 0.0587 e. The van der Waals surface area contributed by atoms with Gasteiger partial charge in [0.25, 0.3) is 0 Å². The summed E-state index contributed by atoms with van der Waals surface area (Å²) in [6.45, 7) is 0.893. The van der Waals surface area contributed by atoms with Crippen molar-refractivity contribution in [1.29, 1.82) is 0 Å². The molecule has 0 fully saturated rings. The van der Waals surface area contributed by atoms with Crippen LogP contribution in [-0.4, -0.2) is 17.8 Å². The van der Waals surface area contributed by atoms with Crippen molar-refractivity contribution < 1.29 is 5.11 Å². The Morgan fingerprint density at radius 3 is 1.88 bits per heavy atom. The van der Waals surface area contributed by atoms with E-state index in [-0.39, 0.29) is 12.6 Å². The molecule has 2 heteroatoms. The van der Waals surface area contributed by atoms with E-state index >= 15 is 0 Å². The standard InChI is InChI=1S/C22H23NO/c24-17-22(15-18-7-3-1-4-8-18)23-16-19-11-13-21(14-12-19)20-9-5-2-6-10-20/h1-14,22-24H,15-17H2. The molecule has 0 heterocycles. The van der Waals surface area contributed by atoms with Gasteiger partial charge in [0.2, 0.25) is 0 Å². The second-order valence-electron chi connectivity index (χ2n) is 6.01. The molecule has 1 atom stereocenters. The molecule has 1 unspecified atom stereocenters. The van der Waals surface area contributed by atoms with Crippen molar-refractivity contribution in [3.8, 4) is 11.1 Å². The van der Waals surface area contributed by atoms with Gasteiger partial charge in [0.1, 0.15) is 0 Å². The summed E-state index contributed by atoms with van der Waals surface area (Å²) in [6, 6.07) is 29.3. The summed E-state index contributed by atoms with van der Waals surface area (Å²) >= 11 is 0. The van der Waals surface area contributed by atoms with Crippen molar-refractivity contribution in [1.82, 2.24) is 5.32 Å². The number of aliphatic hydroxyl groups excluding tert-OH is 1. The van der Waals surface area contributed by atoms with Crippen molar-refractivity contribution in [2.45, 2.75) is 19.0 Å². The molecule has 0 saturated heterocycles. The quantitative estimate of drug-likeness (QED) is 0.689. The van der Waals surface area contributed by atoms with Gasteiger partial charge in [0, 0.05) is 12.6 Å². The predicted molar refractivity (Wildman–Crippen MR) is 99.7 cm³/mol. The summed E-state index contributed by atoms with van der Waals surface area (Å²) in [7, 11) is 0. The SMILES string of the molecule is OCC(Cc1ccccc1)NCc1ccc(-c2ccccc2)cc1. The third-order valence-corrected chi connectivity index (χ3v) is 4.20. The van der Waals surface area contributed by atoms with E-state index in [2.05, 4.69) is 66.0 Å². The number of aliphatic hydroxyl groups is 1. The third-order valence-electron chi connectivity index (χ3n) is 4.20. The lowest BCUT2D eigenvalue weighted by molar-refractivity contribution is 0.241. The smallest absolute Gasteiger partial charge is 0.0587 e. The van der Waals surface area contributed by atoms with Gasteiger partial charge >= 0.3 is 0 Å². The molecule has 2 N–H and O–H groups in total. The maximum atomic E-state index is 9.60. The number of hydrogen-bond donors (Lipinski definition) is 2. The Morgan fingerprint density at radius 2 is 1.25 bits per heavy atom. The van der Waals surface area contributed by atoms with E-state index in [1.54, 1.807) is 0 Å². The second-order valence-corrected chi connectivity index (χ2v) is 6.01. The first-order chi connectivity index (χ1) is 11.8. The highest BCUT2D eigenvalue weighted by Crippen LogP contribution is 2.19. The first-order valence-corrected chi connectivity index (χ1v) is 8.37. The monoisotopic (exact) mass is 317 g/mol. The number of benzene rings is 3. The van der Waals surface area contributed by atoms with Crippen LogP contribution in [0.2, 0.25) is 0 Å². The Balaban J connectivity index is 1.57. The Bertz CT molecular complexity index is 723. The van der Waals surface area contributed by atoms with Crippen molar-refractivity contribution in [3.05, 3.63) is 96.1 Å². The molecule has 0 saturated carbocycles. The predicted octanol–water partition coefficient (Wildman–Crippen LogP) is 4.05. The summed E-state index contributed by atoms with van der Waals surface area (Å²) in [6.07, 6.45) is 0.833. The molecule has 0 aromatic heterocycles. The molecule has 0 amide bonds. The van der Waals surface area contributed by atoms with Crippen LogP contribution in [0.1, 0.15) is 11.1 Å². The molecular weight excluding hydrogens is 294 g/mol. The zero-order chi connectivity index (χ0) is 16.6.